The topological polar surface area (TPSA) is 116 Å². The molecule has 0 bridgehead atoms. The number of hydrogen-bond acceptors (Lipinski definition) is 8. The van der Waals surface area contributed by atoms with E-state index in [2.05, 4.69) is 32.1 Å². The molecule has 1 amide bonds. The number of aliphatic hydroxyl groups is 1. The Morgan fingerprint density at radius 1 is 1.12 bits per heavy atom. The number of fused-ring (bicyclic) bond motifs is 1. The third-order valence-electron chi connectivity index (χ3n) is 6.85. The smallest absolute Gasteiger partial charge is 0.247 e. The Balaban J connectivity index is 1.40. The number of carbonyl (C=O) groups excluding carboxylic acids is 1. The van der Waals surface area contributed by atoms with Gasteiger partial charge >= 0.3 is 0 Å². The molecule has 42 heavy (non-hydrogen) atoms. The molecule has 3 N–H and O–H groups in total. The first-order valence-corrected chi connectivity index (χ1v) is 13.4. The van der Waals surface area contributed by atoms with Crippen molar-refractivity contribution >= 4 is 40.0 Å². The molecule has 10 nitrogen and oxygen atoms in total. The van der Waals surface area contributed by atoms with Gasteiger partial charge in [0.2, 0.25) is 11.9 Å². The van der Waals surface area contributed by atoms with Gasteiger partial charge in [0.05, 0.1) is 22.4 Å². The van der Waals surface area contributed by atoms with Crippen LogP contribution in [-0.2, 0) is 4.79 Å². The minimum absolute atomic E-state index is 0.0377. The minimum Gasteiger partial charge on any atom is -0.389 e. The minimum atomic E-state index is -1.08. The second-order valence-corrected chi connectivity index (χ2v) is 10.7. The number of β-amino-alcohol motifs (C(OH)–C–C–N with tert-alkyl or cyclic N) is 1. The summed E-state index contributed by atoms with van der Waals surface area (Å²) in [5.41, 5.74) is 0.178. The van der Waals surface area contributed by atoms with Gasteiger partial charge in [-0.15, -0.1) is 0 Å². The zero-order valence-corrected chi connectivity index (χ0v) is 23.3. The standard InChI is InChI=1S/C30H31F2N7O3/c1-4-25(41)34-19-6-5-7-20(16-19)39-11-10-24(40)21-17-33-29(36-28(21)39)35-22-8-9-23(27(32)26(22)31)38-14-12-37(13-15-38)18-30(2,3)42/h4-11,16-17,42H,1,12-15,18H2,2-3H3,(H,34,41)(H,33,35,36). The Bertz CT molecular complexity index is 1710. The van der Waals surface area contributed by atoms with Gasteiger partial charge in [0.1, 0.15) is 0 Å². The predicted molar refractivity (Wildman–Crippen MR) is 159 cm³/mol. The molecule has 1 aliphatic rings. The third-order valence-corrected chi connectivity index (χ3v) is 6.85. The molecule has 5 rings (SSSR count). The lowest BCUT2D eigenvalue weighted by Gasteiger charge is -2.38. The van der Waals surface area contributed by atoms with Crippen LogP contribution in [0.25, 0.3) is 16.7 Å². The lowest BCUT2D eigenvalue weighted by Crippen LogP contribution is -2.50. The van der Waals surface area contributed by atoms with Crippen molar-refractivity contribution in [2.75, 3.05) is 48.3 Å². The molecule has 1 fully saturated rings. The summed E-state index contributed by atoms with van der Waals surface area (Å²) >= 11 is 0. The van der Waals surface area contributed by atoms with E-state index < -0.39 is 17.2 Å². The van der Waals surface area contributed by atoms with E-state index in [1.165, 1.54) is 30.6 Å². The summed E-state index contributed by atoms with van der Waals surface area (Å²) in [5.74, 6) is -2.48. The van der Waals surface area contributed by atoms with Crippen molar-refractivity contribution in [1.82, 2.24) is 19.4 Å². The van der Waals surface area contributed by atoms with Gasteiger partial charge in [-0.2, -0.15) is 4.98 Å². The van der Waals surface area contributed by atoms with Gasteiger partial charge < -0.3 is 25.2 Å². The molecule has 0 radical (unpaired) electrons. The van der Waals surface area contributed by atoms with Gasteiger partial charge in [0, 0.05) is 62.6 Å². The number of nitrogens with one attached hydrogen (secondary N) is 2. The molecule has 0 atom stereocenters. The van der Waals surface area contributed by atoms with Crippen LogP contribution in [0.5, 0.6) is 0 Å². The Morgan fingerprint density at radius 3 is 2.60 bits per heavy atom. The summed E-state index contributed by atoms with van der Waals surface area (Å²) in [7, 11) is 0. The number of nitrogens with zero attached hydrogens (tertiary/aromatic N) is 5. The Morgan fingerprint density at radius 2 is 1.88 bits per heavy atom. The second-order valence-electron chi connectivity index (χ2n) is 10.7. The molecule has 2 aromatic carbocycles. The van der Waals surface area contributed by atoms with Crippen molar-refractivity contribution in [2.45, 2.75) is 19.4 Å². The molecule has 3 heterocycles. The fourth-order valence-electron chi connectivity index (χ4n) is 4.92. The number of benzene rings is 2. The fourth-order valence-corrected chi connectivity index (χ4v) is 4.92. The van der Waals surface area contributed by atoms with Crippen molar-refractivity contribution in [3.05, 3.63) is 89.4 Å². The summed E-state index contributed by atoms with van der Waals surface area (Å²) < 4.78 is 32.1. The summed E-state index contributed by atoms with van der Waals surface area (Å²) in [6.07, 6.45) is 4.01. The van der Waals surface area contributed by atoms with Gasteiger partial charge in [-0.1, -0.05) is 12.6 Å². The van der Waals surface area contributed by atoms with Gasteiger partial charge in [0.15, 0.2) is 22.7 Å². The third kappa shape index (κ3) is 6.29. The lowest BCUT2D eigenvalue weighted by molar-refractivity contribution is -0.111. The van der Waals surface area contributed by atoms with E-state index >= 15 is 8.78 Å². The molecule has 1 saturated heterocycles. The van der Waals surface area contributed by atoms with Crippen molar-refractivity contribution in [1.29, 1.82) is 0 Å². The van der Waals surface area contributed by atoms with Gasteiger partial charge in [-0.05, 0) is 50.3 Å². The quantitative estimate of drug-likeness (QED) is 0.272. The first-order valence-electron chi connectivity index (χ1n) is 13.4. The highest BCUT2D eigenvalue weighted by molar-refractivity contribution is 5.99. The molecule has 1 aliphatic heterocycles. The van der Waals surface area contributed by atoms with Crippen LogP contribution in [0.4, 0.5) is 31.8 Å². The zero-order valence-electron chi connectivity index (χ0n) is 23.3. The zero-order chi connectivity index (χ0) is 30.0. The van der Waals surface area contributed by atoms with Crippen LogP contribution in [0.3, 0.4) is 0 Å². The van der Waals surface area contributed by atoms with Gasteiger partial charge in [-0.3, -0.25) is 14.5 Å². The lowest BCUT2D eigenvalue weighted by atomic mass is 10.1. The maximum atomic E-state index is 15.2. The van der Waals surface area contributed by atoms with Crippen LogP contribution in [0, 0.1) is 11.6 Å². The number of hydrogen-bond donors (Lipinski definition) is 3. The largest absolute Gasteiger partial charge is 0.389 e. The Labute approximate surface area is 240 Å². The maximum absolute atomic E-state index is 15.2. The molecule has 0 unspecified atom stereocenters. The number of halogens is 2. The second kappa shape index (κ2) is 11.7. The van der Waals surface area contributed by atoms with E-state index in [4.69, 9.17) is 0 Å². The number of piperazine rings is 1. The molecular weight excluding hydrogens is 544 g/mol. The monoisotopic (exact) mass is 575 g/mol. The summed E-state index contributed by atoms with van der Waals surface area (Å²) in [5, 5.41) is 15.7. The molecule has 218 valence electrons. The summed E-state index contributed by atoms with van der Waals surface area (Å²) in [6.45, 7) is 9.62. The van der Waals surface area contributed by atoms with E-state index in [9.17, 15) is 14.7 Å². The van der Waals surface area contributed by atoms with Crippen LogP contribution in [0.15, 0.2) is 72.3 Å². The van der Waals surface area contributed by atoms with Crippen molar-refractivity contribution < 1.29 is 18.7 Å². The average Bonchev–Trinajstić information content (AvgIpc) is 2.95. The Kier molecular flexibility index (Phi) is 8.01. The summed E-state index contributed by atoms with van der Waals surface area (Å²) in [6, 6.07) is 11.2. The highest BCUT2D eigenvalue weighted by Crippen LogP contribution is 2.29. The van der Waals surface area contributed by atoms with E-state index in [0.29, 0.717) is 44.1 Å². The molecule has 12 heteroatoms. The number of anilines is 4. The number of amides is 1. The molecular formula is C30H31F2N7O3. The first-order chi connectivity index (χ1) is 20.0. The number of rotatable bonds is 8. The van der Waals surface area contributed by atoms with Crippen molar-refractivity contribution in [3.63, 3.8) is 0 Å². The molecule has 2 aromatic heterocycles. The maximum Gasteiger partial charge on any atom is 0.247 e. The van der Waals surface area contributed by atoms with E-state index in [1.807, 2.05) is 0 Å². The molecule has 4 aromatic rings. The normalized spacial score (nSPS) is 14.2. The van der Waals surface area contributed by atoms with E-state index in [1.54, 1.807) is 47.6 Å². The van der Waals surface area contributed by atoms with Crippen LogP contribution >= 0.6 is 0 Å². The Hall–Kier alpha value is -4.68. The number of carbonyl (C=O) groups is 1. The average molecular weight is 576 g/mol. The highest BCUT2D eigenvalue weighted by Gasteiger charge is 2.26. The van der Waals surface area contributed by atoms with Crippen LogP contribution in [0.1, 0.15) is 13.8 Å². The SMILES string of the molecule is C=CC(=O)Nc1cccc(-n2ccc(=O)c3cnc(Nc4ccc(N5CCN(CC(C)(C)O)CC5)c(F)c4F)nc32)c1. The van der Waals surface area contributed by atoms with E-state index in [-0.39, 0.29) is 39.7 Å². The van der Waals surface area contributed by atoms with Crippen LogP contribution in [-0.4, -0.2) is 68.8 Å². The van der Waals surface area contributed by atoms with E-state index in [0.717, 1.165) is 6.08 Å². The van der Waals surface area contributed by atoms with Gasteiger partial charge in [0.25, 0.3) is 0 Å². The number of pyridine rings is 1. The van der Waals surface area contributed by atoms with Crippen LogP contribution in [0.2, 0.25) is 0 Å². The first kappa shape index (κ1) is 28.8. The number of aromatic nitrogens is 3. The summed E-state index contributed by atoms with van der Waals surface area (Å²) in [4.78, 5) is 36.8. The van der Waals surface area contributed by atoms with Crippen LogP contribution < -0.4 is 21.0 Å². The van der Waals surface area contributed by atoms with Crippen molar-refractivity contribution in [3.8, 4) is 5.69 Å². The fraction of sp³-hybridized carbons (Fsp3) is 0.267. The predicted octanol–water partition coefficient (Wildman–Crippen LogP) is 3.82. The highest BCUT2D eigenvalue weighted by atomic mass is 19.2. The van der Waals surface area contributed by atoms with Crippen molar-refractivity contribution in [2.24, 2.45) is 0 Å². The molecule has 0 aliphatic carbocycles. The molecule has 0 saturated carbocycles. The van der Waals surface area contributed by atoms with Gasteiger partial charge in [-0.25, -0.2) is 13.8 Å². The molecule has 0 spiro atoms.